The van der Waals surface area contributed by atoms with Gasteiger partial charge in [-0.3, -0.25) is 4.57 Å². The molecule has 0 unspecified atom stereocenters. The Bertz CT molecular complexity index is 809. The first kappa shape index (κ1) is 12.4. The van der Waals surface area contributed by atoms with Crippen LogP contribution in [0.25, 0.3) is 16.9 Å². The van der Waals surface area contributed by atoms with Crippen molar-refractivity contribution in [1.82, 2.24) is 14.5 Å². The minimum atomic E-state index is 0.605. The second-order valence-corrected chi connectivity index (χ2v) is 5.29. The number of hydrogen-bond donors (Lipinski definition) is 1. The number of methoxy groups -OCH3 is 1. The third-order valence-corrected chi connectivity index (χ3v) is 3.52. The molecular weight excluding hydrogens is 326 g/mol. The van der Waals surface area contributed by atoms with Gasteiger partial charge in [0.15, 0.2) is 10.4 Å². The molecule has 0 atom stereocenters. The van der Waals surface area contributed by atoms with Crippen LogP contribution in [-0.4, -0.2) is 21.6 Å². The highest BCUT2D eigenvalue weighted by Crippen LogP contribution is 2.23. The highest BCUT2D eigenvalue weighted by molar-refractivity contribution is 9.10. The zero-order valence-electron chi connectivity index (χ0n) is 10.1. The molecule has 0 fully saturated rings. The lowest BCUT2D eigenvalue weighted by Crippen LogP contribution is -1.96. The smallest absolute Gasteiger partial charge is 0.184 e. The van der Waals surface area contributed by atoms with Gasteiger partial charge in [-0.05, 0) is 46.3 Å². The van der Waals surface area contributed by atoms with Gasteiger partial charge in [-0.15, -0.1) is 0 Å². The van der Waals surface area contributed by atoms with E-state index in [0.717, 1.165) is 27.1 Å². The maximum Gasteiger partial charge on any atom is 0.184 e. The van der Waals surface area contributed by atoms with Gasteiger partial charge >= 0.3 is 0 Å². The van der Waals surface area contributed by atoms with Crippen molar-refractivity contribution >= 4 is 39.3 Å². The largest absolute Gasteiger partial charge is 0.497 e. The molecule has 3 rings (SSSR count). The van der Waals surface area contributed by atoms with Crippen molar-refractivity contribution < 1.29 is 4.74 Å². The minimum Gasteiger partial charge on any atom is -0.497 e. The molecule has 0 spiro atoms. The van der Waals surface area contributed by atoms with Crippen LogP contribution in [0.5, 0.6) is 5.75 Å². The molecule has 6 heteroatoms. The maximum atomic E-state index is 5.37. The van der Waals surface area contributed by atoms with E-state index in [4.69, 9.17) is 17.0 Å². The normalized spacial score (nSPS) is 10.8. The van der Waals surface area contributed by atoms with Crippen molar-refractivity contribution in [3.8, 4) is 11.4 Å². The van der Waals surface area contributed by atoms with Crippen molar-refractivity contribution in [3.05, 3.63) is 45.8 Å². The highest BCUT2D eigenvalue weighted by Gasteiger charge is 2.08. The van der Waals surface area contributed by atoms with Crippen molar-refractivity contribution in [2.45, 2.75) is 0 Å². The maximum absolute atomic E-state index is 5.37. The number of rotatable bonds is 2. The molecule has 0 bridgehead atoms. The monoisotopic (exact) mass is 335 g/mol. The summed E-state index contributed by atoms with van der Waals surface area (Å²) in [7, 11) is 1.64. The summed E-state index contributed by atoms with van der Waals surface area (Å²) in [4.78, 5) is 7.56. The van der Waals surface area contributed by atoms with Gasteiger partial charge < -0.3 is 9.72 Å². The van der Waals surface area contributed by atoms with Gasteiger partial charge in [-0.1, -0.05) is 6.07 Å². The number of nitrogens with zero attached hydrogens (tertiary/aromatic N) is 2. The molecule has 0 saturated heterocycles. The Balaban J connectivity index is 2.29. The zero-order chi connectivity index (χ0) is 13.4. The van der Waals surface area contributed by atoms with Gasteiger partial charge in [-0.2, -0.15) is 0 Å². The lowest BCUT2D eigenvalue weighted by molar-refractivity contribution is 0.414. The van der Waals surface area contributed by atoms with Gasteiger partial charge in [0.2, 0.25) is 0 Å². The molecule has 0 aliphatic heterocycles. The minimum absolute atomic E-state index is 0.605. The van der Waals surface area contributed by atoms with E-state index in [0.29, 0.717) is 4.77 Å². The summed E-state index contributed by atoms with van der Waals surface area (Å²) < 4.78 is 8.64. The first-order valence-corrected chi connectivity index (χ1v) is 6.80. The number of imidazole rings is 1. The number of pyridine rings is 1. The summed E-state index contributed by atoms with van der Waals surface area (Å²) >= 11 is 8.77. The van der Waals surface area contributed by atoms with Gasteiger partial charge in [0.1, 0.15) is 5.75 Å². The fraction of sp³-hybridized carbons (Fsp3) is 0.0769. The fourth-order valence-electron chi connectivity index (χ4n) is 1.96. The van der Waals surface area contributed by atoms with E-state index < -0.39 is 0 Å². The van der Waals surface area contributed by atoms with E-state index >= 15 is 0 Å². The molecule has 4 nitrogen and oxygen atoms in total. The Morgan fingerprint density at radius 2 is 2.21 bits per heavy atom. The Morgan fingerprint density at radius 3 is 3.00 bits per heavy atom. The number of aromatic nitrogens is 3. The predicted molar refractivity (Wildman–Crippen MR) is 80.5 cm³/mol. The summed E-state index contributed by atoms with van der Waals surface area (Å²) in [6, 6.07) is 9.66. The number of benzene rings is 1. The highest BCUT2D eigenvalue weighted by atomic mass is 79.9. The topological polar surface area (TPSA) is 42.8 Å². The zero-order valence-corrected chi connectivity index (χ0v) is 12.5. The third-order valence-electron chi connectivity index (χ3n) is 2.80. The van der Waals surface area contributed by atoms with Crippen LogP contribution in [-0.2, 0) is 0 Å². The van der Waals surface area contributed by atoms with Crippen LogP contribution in [0.3, 0.4) is 0 Å². The number of hydrogen-bond acceptors (Lipinski definition) is 3. The first-order valence-electron chi connectivity index (χ1n) is 5.60. The first-order chi connectivity index (χ1) is 9.19. The van der Waals surface area contributed by atoms with Crippen LogP contribution < -0.4 is 4.74 Å². The van der Waals surface area contributed by atoms with Crippen LogP contribution in [0, 0.1) is 4.77 Å². The average molecular weight is 336 g/mol. The van der Waals surface area contributed by atoms with Crippen molar-refractivity contribution in [2.75, 3.05) is 7.11 Å². The van der Waals surface area contributed by atoms with Crippen LogP contribution in [0.2, 0.25) is 0 Å². The Kier molecular flexibility index (Phi) is 3.12. The molecule has 2 heterocycles. The SMILES string of the molecule is COc1cccc(-n2c(=S)[nH]c3cc(Br)cnc32)c1. The van der Waals surface area contributed by atoms with E-state index in [-0.39, 0.29) is 0 Å². The molecule has 0 saturated carbocycles. The molecular formula is C13H10BrN3OS. The van der Waals surface area contributed by atoms with Crippen molar-refractivity contribution in [3.63, 3.8) is 0 Å². The number of fused-ring (bicyclic) bond motifs is 1. The Morgan fingerprint density at radius 1 is 1.37 bits per heavy atom. The van der Waals surface area contributed by atoms with Gasteiger partial charge in [0.25, 0.3) is 0 Å². The molecule has 96 valence electrons. The van der Waals surface area contributed by atoms with Crippen LogP contribution in [0.1, 0.15) is 0 Å². The second-order valence-electron chi connectivity index (χ2n) is 3.99. The Labute approximate surface area is 123 Å². The number of halogens is 1. The molecule has 0 radical (unpaired) electrons. The second kappa shape index (κ2) is 4.79. The molecule has 2 aromatic heterocycles. The summed E-state index contributed by atoms with van der Waals surface area (Å²) in [6.07, 6.45) is 1.75. The fourth-order valence-corrected chi connectivity index (χ4v) is 2.59. The average Bonchev–Trinajstić information content (AvgIpc) is 2.73. The van der Waals surface area contributed by atoms with Gasteiger partial charge in [0.05, 0.1) is 18.3 Å². The van der Waals surface area contributed by atoms with E-state index in [9.17, 15) is 0 Å². The predicted octanol–water partition coefficient (Wildman–Crippen LogP) is 3.85. The van der Waals surface area contributed by atoms with Crippen molar-refractivity contribution in [2.24, 2.45) is 0 Å². The summed E-state index contributed by atoms with van der Waals surface area (Å²) in [5, 5.41) is 0. The van der Waals surface area contributed by atoms with E-state index in [1.54, 1.807) is 13.3 Å². The molecule has 1 N–H and O–H groups in total. The summed E-state index contributed by atoms with van der Waals surface area (Å²) in [5.74, 6) is 0.783. The van der Waals surface area contributed by atoms with Crippen LogP contribution >= 0.6 is 28.1 Å². The molecule has 3 aromatic rings. The molecule has 0 aliphatic rings. The van der Waals surface area contributed by atoms with Crippen LogP contribution in [0.15, 0.2) is 41.0 Å². The van der Waals surface area contributed by atoms with Crippen LogP contribution in [0.4, 0.5) is 0 Å². The van der Waals surface area contributed by atoms with E-state index in [1.165, 1.54) is 0 Å². The number of aromatic amines is 1. The van der Waals surface area contributed by atoms with Crippen molar-refractivity contribution in [1.29, 1.82) is 0 Å². The molecule has 19 heavy (non-hydrogen) atoms. The quantitative estimate of drug-likeness (QED) is 0.723. The molecule has 0 aliphatic carbocycles. The standard InChI is InChI=1S/C13H10BrN3OS/c1-18-10-4-2-3-9(6-10)17-12-11(16-13(17)19)5-8(14)7-15-12/h2-7H,1H3,(H,16,19). The van der Waals surface area contributed by atoms with E-state index in [2.05, 4.69) is 25.9 Å². The van der Waals surface area contributed by atoms with Gasteiger partial charge in [0, 0.05) is 16.7 Å². The number of H-pyrrole nitrogens is 1. The van der Waals surface area contributed by atoms with E-state index in [1.807, 2.05) is 34.9 Å². The van der Waals surface area contributed by atoms with Gasteiger partial charge in [-0.25, -0.2) is 4.98 Å². The third kappa shape index (κ3) is 2.17. The summed E-state index contributed by atoms with van der Waals surface area (Å²) in [6.45, 7) is 0. The Hall–Kier alpha value is -1.66. The lowest BCUT2D eigenvalue weighted by atomic mass is 10.3. The number of ether oxygens (including phenoxy) is 1. The lowest BCUT2D eigenvalue weighted by Gasteiger charge is -2.06. The number of nitrogens with one attached hydrogen (secondary N) is 1. The molecule has 0 amide bonds. The summed E-state index contributed by atoms with van der Waals surface area (Å²) in [5.41, 5.74) is 2.61. The molecule has 1 aromatic carbocycles.